The van der Waals surface area contributed by atoms with Crippen molar-refractivity contribution in [2.24, 2.45) is 16.6 Å². The fourth-order valence-electron chi connectivity index (χ4n) is 0.964. The Labute approximate surface area is 97.4 Å². The Kier molecular flexibility index (Phi) is 4.62. The third-order valence-corrected chi connectivity index (χ3v) is 3.56. The van der Waals surface area contributed by atoms with Crippen LogP contribution in [0.5, 0.6) is 0 Å². The SMILES string of the molecule is CC(C)C(N)=NCCc1ccc(Br)s1. The fourth-order valence-corrected chi connectivity index (χ4v) is 2.44. The van der Waals surface area contributed by atoms with Crippen molar-refractivity contribution in [1.82, 2.24) is 0 Å². The Balaban J connectivity index is 2.38. The van der Waals surface area contributed by atoms with Crippen LogP contribution in [0.1, 0.15) is 18.7 Å². The molecule has 78 valence electrons. The van der Waals surface area contributed by atoms with Crippen molar-refractivity contribution >= 4 is 33.1 Å². The number of hydrogen-bond acceptors (Lipinski definition) is 2. The van der Waals surface area contributed by atoms with E-state index in [0.29, 0.717) is 5.92 Å². The van der Waals surface area contributed by atoms with Crippen LogP contribution in [0.4, 0.5) is 0 Å². The lowest BCUT2D eigenvalue weighted by Gasteiger charge is -2.02. The van der Waals surface area contributed by atoms with Crippen molar-refractivity contribution in [1.29, 1.82) is 0 Å². The summed E-state index contributed by atoms with van der Waals surface area (Å²) in [6.45, 7) is 4.90. The van der Waals surface area contributed by atoms with Gasteiger partial charge in [0, 0.05) is 23.8 Å². The molecule has 1 heterocycles. The fraction of sp³-hybridized carbons (Fsp3) is 0.500. The molecule has 0 amide bonds. The van der Waals surface area contributed by atoms with Gasteiger partial charge in [0.05, 0.1) is 9.62 Å². The van der Waals surface area contributed by atoms with Crippen molar-refractivity contribution in [3.8, 4) is 0 Å². The highest BCUT2D eigenvalue weighted by Crippen LogP contribution is 2.22. The molecule has 0 spiro atoms. The summed E-state index contributed by atoms with van der Waals surface area (Å²) in [6.07, 6.45) is 0.976. The zero-order chi connectivity index (χ0) is 10.6. The molecule has 0 aliphatic heterocycles. The first kappa shape index (κ1) is 11.7. The van der Waals surface area contributed by atoms with Gasteiger partial charge in [-0.3, -0.25) is 4.99 Å². The minimum absolute atomic E-state index is 0.352. The molecule has 0 radical (unpaired) electrons. The first-order valence-corrected chi connectivity index (χ1v) is 6.24. The maximum atomic E-state index is 5.73. The molecule has 0 saturated heterocycles. The van der Waals surface area contributed by atoms with Gasteiger partial charge in [-0.1, -0.05) is 13.8 Å². The number of nitrogens with two attached hydrogens (primary N) is 1. The van der Waals surface area contributed by atoms with E-state index in [9.17, 15) is 0 Å². The summed E-state index contributed by atoms with van der Waals surface area (Å²) in [4.78, 5) is 5.66. The lowest BCUT2D eigenvalue weighted by Crippen LogP contribution is -2.19. The van der Waals surface area contributed by atoms with Gasteiger partial charge in [0.15, 0.2) is 0 Å². The summed E-state index contributed by atoms with van der Waals surface area (Å²) in [6, 6.07) is 4.19. The molecule has 0 atom stereocenters. The topological polar surface area (TPSA) is 38.4 Å². The number of amidine groups is 1. The van der Waals surface area contributed by atoms with Crippen molar-refractivity contribution < 1.29 is 0 Å². The maximum Gasteiger partial charge on any atom is 0.0962 e. The van der Waals surface area contributed by atoms with Gasteiger partial charge in [0.1, 0.15) is 0 Å². The lowest BCUT2D eigenvalue weighted by molar-refractivity contribution is 0.850. The molecule has 2 N–H and O–H groups in total. The van der Waals surface area contributed by atoms with Gasteiger partial charge in [-0.25, -0.2) is 0 Å². The largest absolute Gasteiger partial charge is 0.387 e. The summed E-state index contributed by atoms with van der Waals surface area (Å²) in [7, 11) is 0. The van der Waals surface area contributed by atoms with E-state index in [2.05, 4.69) is 46.9 Å². The van der Waals surface area contributed by atoms with Crippen molar-refractivity contribution in [3.05, 3.63) is 20.8 Å². The van der Waals surface area contributed by atoms with Crippen LogP contribution in [0.25, 0.3) is 0 Å². The predicted octanol–water partition coefficient (Wildman–Crippen LogP) is 3.07. The first-order valence-electron chi connectivity index (χ1n) is 4.63. The minimum atomic E-state index is 0.352. The molecular weight excluding hydrogens is 260 g/mol. The Morgan fingerprint density at radius 1 is 1.57 bits per heavy atom. The second-order valence-electron chi connectivity index (χ2n) is 3.42. The highest BCUT2D eigenvalue weighted by Gasteiger charge is 1.99. The van der Waals surface area contributed by atoms with E-state index in [1.54, 1.807) is 11.3 Å². The molecule has 1 rings (SSSR count). The molecule has 1 aromatic heterocycles. The van der Waals surface area contributed by atoms with E-state index in [4.69, 9.17) is 5.73 Å². The smallest absolute Gasteiger partial charge is 0.0962 e. The van der Waals surface area contributed by atoms with E-state index in [1.165, 1.54) is 8.66 Å². The van der Waals surface area contributed by atoms with Gasteiger partial charge in [-0.2, -0.15) is 0 Å². The third-order valence-electron chi connectivity index (χ3n) is 1.87. The molecule has 0 bridgehead atoms. The molecule has 4 heteroatoms. The Hall–Kier alpha value is -0.350. The van der Waals surface area contributed by atoms with Crippen LogP contribution < -0.4 is 5.73 Å². The van der Waals surface area contributed by atoms with Crippen LogP contribution in [0, 0.1) is 5.92 Å². The maximum absolute atomic E-state index is 5.73. The van der Waals surface area contributed by atoms with Crippen molar-refractivity contribution in [3.63, 3.8) is 0 Å². The van der Waals surface area contributed by atoms with E-state index in [0.717, 1.165) is 18.8 Å². The van der Waals surface area contributed by atoms with Crippen molar-refractivity contribution in [2.75, 3.05) is 6.54 Å². The van der Waals surface area contributed by atoms with Gasteiger partial charge < -0.3 is 5.73 Å². The quantitative estimate of drug-likeness (QED) is 0.665. The van der Waals surface area contributed by atoms with Gasteiger partial charge in [0.2, 0.25) is 0 Å². The second-order valence-corrected chi connectivity index (χ2v) is 5.96. The number of halogens is 1. The van der Waals surface area contributed by atoms with Crippen LogP contribution in [-0.4, -0.2) is 12.4 Å². The number of aliphatic imine (C=N–C) groups is 1. The average molecular weight is 275 g/mol. The monoisotopic (exact) mass is 274 g/mol. The van der Waals surface area contributed by atoms with Gasteiger partial charge >= 0.3 is 0 Å². The highest BCUT2D eigenvalue weighted by atomic mass is 79.9. The molecule has 0 aliphatic carbocycles. The zero-order valence-electron chi connectivity index (χ0n) is 8.46. The molecule has 14 heavy (non-hydrogen) atoms. The summed E-state index contributed by atoms with van der Waals surface area (Å²) in [5.41, 5.74) is 5.73. The highest BCUT2D eigenvalue weighted by molar-refractivity contribution is 9.11. The van der Waals surface area contributed by atoms with Crippen LogP contribution in [0.2, 0.25) is 0 Å². The Bertz CT molecular complexity index is 318. The second kappa shape index (κ2) is 5.51. The molecule has 0 aliphatic rings. The summed E-state index contributed by atoms with van der Waals surface area (Å²) in [5.74, 6) is 1.10. The Morgan fingerprint density at radius 3 is 2.79 bits per heavy atom. The van der Waals surface area contributed by atoms with Crippen LogP contribution in [-0.2, 0) is 6.42 Å². The molecular formula is C10H15BrN2S. The molecule has 0 fully saturated rings. The predicted molar refractivity (Wildman–Crippen MR) is 67.1 cm³/mol. The molecule has 2 nitrogen and oxygen atoms in total. The van der Waals surface area contributed by atoms with Crippen LogP contribution >= 0.6 is 27.3 Å². The van der Waals surface area contributed by atoms with Gasteiger partial charge in [-0.05, 0) is 28.1 Å². The molecule has 0 unspecified atom stereocenters. The van der Waals surface area contributed by atoms with Gasteiger partial charge in [-0.15, -0.1) is 11.3 Å². The van der Waals surface area contributed by atoms with E-state index in [1.807, 2.05) is 0 Å². The summed E-state index contributed by atoms with van der Waals surface area (Å²) >= 11 is 5.19. The Morgan fingerprint density at radius 2 is 2.29 bits per heavy atom. The number of hydrogen-bond donors (Lipinski definition) is 1. The van der Waals surface area contributed by atoms with Gasteiger partial charge in [0.25, 0.3) is 0 Å². The van der Waals surface area contributed by atoms with Crippen molar-refractivity contribution in [2.45, 2.75) is 20.3 Å². The third kappa shape index (κ3) is 3.80. The van der Waals surface area contributed by atoms with E-state index in [-0.39, 0.29) is 0 Å². The molecule has 0 saturated carbocycles. The molecule has 1 aromatic rings. The number of nitrogens with zero attached hydrogens (tertiary/aromatic N) is 1. The minimum Gasteiger partial charge on any atom is -0.387 e. The average Bonchev–Trinajstić information content (AvgIpc) is 2.51. The zero-order valence-corrected chi connectivity index (χ0v) is 10.9. The number of thiophene rings is 1. The lowest BCUT2D eigenvalue weighted by atomic mass is 10.2. The summed E-state index contributed by atoms with van der Waals surface area (Å²) in [5, 5.41) is 0. The molecule has 0 aromatic carbocycles. The summed E-state index contributed by atoms with van der Waals surface area (Å²) < 4.78 is 1.17. The van der Waals surface area contributed by atoms with Crippen LogP contribution in [0.15, 0.2) is 20.9 Å². The normalized spacial score (nSPS) is 12.4. The van der Waals surface area contributed by atoms with E-state index >= 15 is 0 Å². The number of rotatable bonds is 4. The van der Waals surface area contributed by atoms with Crippen LogP contribution in [0.3, 0.4) is 0 Å². The first-order chi connectivity index (χ1) is 6.59. The van der Waals surface area contributed by atoms with E-state index < -0.39 is 0 Å². The standard InChI is InChI=1S/C10H15BrN2S/c1-7(2)10(12)13-6-5-8-3-4-9(11)14-8/h3-4,7H,5-6H2,1-2H3,(H2,12,13).